The molecule has 0 bridgehead atoms. The lowest BCUT2D eigenvalue weighted by Crippen LogP contribution is -2.46. The third kappa shape index (κ3) is 3.47. The molecule has 160 valence electrons. The molecule has 0 aliphatic carbocycles. The molecule has 2 aromatic carbocycles. The van der Waals surface area contributed by atoms with E-state index in [1.165, 1.54) is 0 Å². The molecule has 1 saturated heterocycles. The van der Waals surface area contributed by atoms with Gasteiger partial charge < -0.3 is 13.8 Å². The van der Waals surface area contributed by atoms with Gasteiger partial charge in [0.2, 0.25) is 11.7 Å². The second kappa shape index (κ2) is 7.89. The standard InChI is InChI=1S/C23H19ClN6O2/c24-16-7-5-15(6-8-16)22-27-19(32-28-22)13-29-9-11-30(12-10-29)23-21-20(25-14-26-23)17-3-1-2-4-18(17)31-21/h1-8,14H,9-13H2. The number of nitrogens with zero attached hydrogens (tertiary/aromatic N) is 6. The SMILES string of the molecule is Clc1ccc(-c2noc(CN3CCN(c4ncnc5c4oc4ccccc45)CC3)n2)cc1. The highest BCUT2D eigenvalue weighted by atomic mass is 35.5. The Labute approximate surface area is 188 Å². The van der Waals surface area contributed by atoms with Gasteiger partial charge in [0.15, 0.2) is 11.4 Å². The van der Waals surface area contributed by atoms with E-state index >= 15 is 0 Å². The summed E-state index contributed by atoms with van der Waals surface area (Å²) >= 11 is 5.95. The van der Waals surface area contributed by atoms with Crippen LogP contribution in [0.15, 0.2) is 63.8 Å². The maximum absolute atomic E-state index is 6.09. The summed E-state index contributed by atoms with van der Waals surface area (Å²) in [7, 11) is 0. The molecule has 3 aromatic heterocycles. The summed E-state index contributed by atoms with van der Waals surface area (Å²) in [4.78, 5) is 18.1. The zero-order chi connectivity index (χ0) is 21.5. The minimum absolute atomic E-state index is 0.573. The second-order valence-electron chi connectivity index (χ2n) is 7.76. The van der Waals surface area contributed by atoms with Gasteiger partial charge in [0, 0.05) is 42.2 Å². The van der Waals surface area contributed by atoms with Crippen LogP contribution >= 0.6 is 11.6 Å². The highest BCUT2D eigenvalue weighted by Gasteiger charge is 2.24. The summed E-state index contributed by atoms with van der Waals surface area (Å²) in [6.07, 6.45) is 1.61. The molecule has 0 unspecified atom stereocenters. The third-order valence-corrected chi connectivity index (χ3v) is 5.99. The van der Waals surface area contributed by atoms with Crippen molar-refractivity contribution < 1.29 is 8.94 Å². The first-order valence-electron chi connectivity index (χ1n) is 10.4. The number of hydrogen-bond donors (Lipinski definition) is 0. The van der Waals surface area contributed by atoms with Crippen LogP contribution < -0.4 is 4.90 Å². The molecular weight excluding hydrogens is 428 g/mol. The van der Waals surface area contributed by atoms with Gasteiger partial charge in [-0.1, -0.05) is 28.9 Å². The molecule has 0 atom stereocenters. The second-order valence-corrected chi connectivity index (χ2v) is 8.19. The summed E-state index contributed by atoms with van der Waals surface area (Å²) in [6.45, 7) is 3.95. The largest absolute Gasteiger partial charge is 0.450 e. The summed E-state index contributed by atoms with van der Waals surface area (Å²) in [5.41, 5.74) is 3.31. The van der Waals surface area contributed by atoms with E-state index in [1.54, 1.807) is 6.33 Å². The number of anilines is 1. The first kappa shape index (κ1) is 19.2. The van der Waals surface area contributed by atoms with Gasteiger partial charge >= 0.3 is 0 Å². The molecule has 0 radical (unpaired) electrons. The van der Waals surface area contributed by atoms with Crippen molar-refractivity contribution in [3.05, 3.63) is 65.8 Å². The van der Waals surface area contributed by atoms with Crippen molar-refractivity contribution in [2.24, 2.45) is 0 Å². The van der Waals surface area contributed by atoms with Gasteiger partial charge in [-0.2, -0.15) is 4.98 Å². The van der Waals surface area contributed by atoms with Gasteiger partial charge in [-0.25, -0.2) is 9.97 Å². The van der Waals surface area contributed by atoms with Crippen LogP contribution in [0.3, 0.4) is 0 Å². The molecule has 1 aliphatic rings. The lowest BCUT2D eigenvalue weighted by Gasteiger charge is -2.34. The van der Waals surface area contributed by atoms with Gasteiger partial charge in [0.05, 0.1) is 6.54 Å². The molecule has 32 heavy (non-hydrogen) atoms. The van der Waals surface area contributed by atoms with E-state index in [2.05, 4.69) is 29.9 Å². The molecule has 6 rings (SSSR count). The van der Waals surface area contributed by atoms with Crippen LogP contribution in [-0.2, 0) is 6.54 Å². The first-order chi connectivity index (χ1) is 15.7. The van der Waals surface area contributed by atoms with Gasteiger partial charge in [-0.05, 0) is 36.4 Å². The van der Waals surface area contributed by atoms with E-state index in [-0.39, 0.29) is 0 Å². The normalized spacial score (nSPS) is 15.1. The van der Waals surface area contributed by atoms with Crippen molar-refractivity contribution in [2.75, 3.05) is 31.1 Å². The summed E-state index contributed by atoms with van der Waals surface area (Å²) in [6, 6.07) is 15.4. The van der Waals surface area contributed by atoms with Crippen molar-refractivity contribution >= 4 is 39.5 Å². The lowest BCUT2D eigenvalue weighted by molar-refractivity contribution is 0.215. The van der Waals surface area contributed by atoms with Crippen molar-refractivity contribution in [3.8, 4) is 11.4 Å². The van der Waals surface area contributed by atoms with E-state index in [9.17, 15) is 0 Å². The van der Waals surface area contributed by atoms with Crippen molar-refractivity contribution in [2.45, 2.75) is 6.54 Å². The van der Waals surface area contributed by atoms with Crippen molar-refractivity contribution in [1.82, 2.24) is 25.0 Å². The molecule has 0 amide bonds. The Balaban J connectivity index is 1.15. The van der Waals surface area contributed by atoms with Crippen molar-refractivity contribution in [1.29, 1.82) is 0 Å². The number of furan rings is 1. The topological polar surface area (TPSA) is 84.3 Å². The number of piperazine rings is 1. The fraction of sp³-hybridized carbons (Fsp3) is 0.217. The minimum Gasteiger partial charge on any atom is -0.450 e. The maximum atomic E-state index is 6.09. The summed E-state index contributed by atoms with van der Waals surface area (Å²) in [5, 5.41) is 5.79. The average molecular weight is 447 g/mol. The van der Waals surface area contributed by atoms with Crippen LogP contribution in [0.5, 0.6) is 0 Å². The minimum atomic E-state index is 0.573. The monoisotopic (exact) mass is 446 g/mol. The van der Waals surface area contributed by atoms with E-state index in [4.69, 9.17) is 20.5 Å². The zero-order valence-electron chi connectivity index (χ0n) is 17.1. The van der Waals surface area contributed by atoms with Gasteiger partial charge in [-0.3, -0.25) is 4.90 Å². The van der Waals surface area contributed by atoms with Gasteiger partial charge in [0.1, 0.15) is 17.4 Å². The number of fused-ring (bicyclic) bond motifs is 3. The van der Waals surface area contributed by atoms with Crippen LogP contribution in [0.2, 0.25) is 5.02 Å². The summed E-state index contributed by atoms with van der Waals surface area (Å²) < 4.78 is 11.6. The Hall–Kier alpha value is -3.49. The Morgan fingerprint density at radius 1 is 0.938 bits per heavy atom. The quantitative estimate of drug-likeness (QED) is 0.401. The maximum Gasteiger partial charge on any atom is 0.241 e. The highest BCUT2D eigenvalue weighted by Crippen LogP contribution is 2.32. The van der Waals surface area contributed by atoms with E-state index in [0.29, 0.717) is 23.3 Å². The molecule has 8 nitrogen and oxygen atoms in total. The van der Waals surface area contributed by atoms with Crippen LogP contribution in [0, 0.1) is 0 Å². The number of rotatable bonds is 4. The average Bonchev–Trinajstić information content (AvgIpc) is 3.45. The Morgan fingerprint density at radius 2 is 1.75 bits per heavy atom. The molecule has 4 heterocycles. The smallest absolute Gasteiger partial charge is 0.241 e. The van der Waals surface area contributed by atoms with E-state index in [1.807, 2.05) is 48.5 Å². The zero-order valence-corrected chi connectivity index (χ0v) is 17.9. The molecule has 0 spiro atoms. The predicted octanol–water partition coefficient (Wildman–Crippen LogP) is 4.40. The number of para-hydroxylation sites is 1. The number of benzene rings is 2. The van der Waals surface area contributed by atoms with Crippen LogP contribution in [0.1, 0.15) is 5.89 Å². The Morgan fingerprint density at radius 3 is 2.59 bits per heavy atom. The predicted molar refractivity (Wildman–Crippen MR) is 122 cm³/mol. The fourth-order valence-electron chi connectivity index (χ4n) is 4.08. The fourth-order valence-corrected chi connectivity index (χ4v) is 4.21. The molecule has 1 aliphatic heterocycles. The Bertz CT molecular complexity index is 1390. The number of hydrogen-bond acceptors (Lipinski definition) is 8. The molecule has 9 heteroatoms. The van der Waals surface area contributed by atoms with Crippen LogP contribution in [-0.4, -0.2) is 51.2 Å². The lowest BCUT2D eigenvalue weighted by atomic mass is 10.2. The van der Waals surface area contributed by atoms with Gasteiger partial charge in [0.25, 0.3) is 0 Å². The van der Waals surface area contributed by atoms with Crippen LogP contribution in [0.25, 0.3) is 33.5 Å². The summed E-state index contributed by atoms with van der Waals surface area (Å²) in [5.74, 6) is 2.02. The molecule has 1 fully saturated rings. The molecule has 0 saturated carbocycles. The van der Waals surface area contributed by atoms with E-state index in [0.717, 1.165) is 59.6 Å². The van der Waals surface area contributed by atoms with Gasteiger partial charge in [-0.15, -0.1) is 0 Å². The molecule has 5 aromatic rings. The van der Waals surface area contributed by atoms with Crippen molar-refractivity contribution in [3.63, 3.8) is 0 Å². The first-order valence-corrected chi connectivity index (χ1v) is 10.8. The number of halogens is 1. The highest BCUT2D eigenvalue weighted by molar-refractivity contribution is 6.30. The Kier molecular flexibility index (Phi) is 4.74. The van der Waals surface area contributed by atoms with Crippen LogP contribution in [0.4, 0.5) is 5.82 Å². The molecular formula is C23H19ClN6O2. The van der Waals surface area contributed by atoms with E-state index < -0.39 is 0 Å². The molecule has 0 N–H and O–H groups in total. The number of aromatic nitrogens is 4. The third-order valence-electron chi connectivity index (χ3n) is 5.74.